The average molecular weight is 299 g/mol. The molecule has 0 aliphatic heterocycles. The molecular weight excluding hydrogens is 274 g/mol. The van der Waals surface area contributed by atoms with Gasteiger partial charge in [0.25, 0.3) is 0 Å². The molecule has 1 aromatic rings. The lowest BCUT2D eigenvalue weighted by Crippen LogP contribution is -2.40. The lowest BCUT2D eigenvalue weighted by molar-refractivity contribution is 0.400. The zero-order chi connectivity index (χ0) is 15.7. The van der Waals surface area contributed by atoms with Gasteiger partial charge in [0.2, 0.25) is 10.0 Å². The number of aryl methyl sites for hydroxylation is 1. The number of hydrogen-bond donors (Lipinski definition) is 1. The highest BCUT2D eigenvalue weighted by atomic mass is 32.2. The Kier molecular flexibility index (Phi) is 4.87. The minimum atomic E-state index is -3.61. The van der Waals surface area contributed by atoms with Crippen molar-refractivity contribution in [1.82, 2.24) is 4.72 Å². The largest absolute Gasteiger partial charge is 0.495 e. The Labute approximate surface area is 122 Å². The third-order valence-electron chi connectivity index (χ3n) is 2.90. The van der Waals surface area contributed by atoms with Crippen LogP contribution < -0.4 is 9.46 Å². The molecule has 1 rings (SSSR count). The molecule has 20 heavy (non-hydrogen) atoms. The Balaban J connectivity index is 3.46. The molecule has 0 aliphatic carbocycles. The molecule has 5 heteroatoms. The van der Waals surface area contributed by atoms with Crippen molar-refractivity contribution in [3.8, 4) is 5.75 Å². The van der Waals surface area contributed by atoms with Gasteiger partial charge in [-0.05, 0) is 56.9 Å². The molecule has 0 radical (unpaired) electrons. The van der Waals surface area contributed by atoms with E-state index in [1.54, 1.807) is 12.1 Å². The molecule has 4 nitrogen and oxygen atoms in total. The van der Waals surface area contributed by atoms with Crippen molar-refractivity contribution in [3.63, 3.8) is 0 Å². The van der Waals surface area contributed by atoms with Gasteiger partial charge in [-0.2, -0.15) is 0 Å². The predicted molar refractivity (Wildman–Crippen MR) is 81.9 cm³/mol. The molecule has 0 saturated heterocycles. The summed E-state index contributed by atoms with van der Waals surface area (Å²) >= 11 is 0. The lowest BCUT2D eigenvalue weighted by atomic mass is 9.98. The summed E-state index contributed by atoms with van der Waals surface area (Å²) in [5.74, 6) is 0.633. The lowest BCUT2D eigenvalue weighted by Gasteiger charge is -2.22. The van der Waals surface area contributed by atoms with Crippen LogP contribution in [0.1, 0.15) is 51.7 Å². The molecule has 0 amide bonds. The third kappa shape index (κ3) is 3.96. The van der Waals surface area contributed by atoms with Gasteiger partial charge in [-0.3, -0.25) is 0 Å². The molecule has 114 valence electrons. The van der Waals surface area contributed by atoms with Crippen molar-refractivity contribution in [1.29, 1.82) is 0 Å². The number of nitrogens with one attached hydrogen (secondary N) is 1. The fourth-order valence-corrected chi connectivity index (χ4v) is 3.73. The maximum Gasteiger partial charge on any atom is 0.244 e. The third-order valence-corrected chi connectivity index (χ3v) is 4.68. The van der Waals surface area contributed by atoms with E-state index < -0.39 is 15.6 Å². The Bertz CT molecular complexity index is 584. The number of sulfonamides is 1. The van der Waals surface area contributed by atoms with Crippen LogP contribution in [0.3, 0.4) is 0 Å². The highest BCUT2D eigenvalue weighted by Gasteiger charge is 2.26. The molecule has 0 bridgehead atoms. The number of methoxy groups -OCH3 is 1. The van der Waals surface area contributed by atoms with Crippen molar-refractivity contribution in [2.24, 2.45) is 0 Å². The van der Waals surface area contributed by atoms with Crippen molar-refractivity contribution in [3.05, 3.63) is 23.3 Å². The van der Waals surface area contributed by atoms with Gasteiger partial charge in [0, 0.05) is 5.54 Å². The highest BCUT2D eigenvalue weighted by molar-refractivity contribution is 7.89. The normalized spacial score (nSPS) is 12.8. The van der Waals surface area contributed by atoms with Gasteiger partial charge in [0.05, 0.1) is 7.11 Å². The Morgan fingerprint density at radius 2 is 1.75 bits per heavy atom. The van der Waals surface area contributed by atoms with E-state index in [-0.39, 0.29) is 10.8 Å². The molecule has 1 N–H and O–H groups in total. The quantitative estimate of drug-likeness (QED) is 0.929. The summed E-state index contributed by atoms with van der Waals surface area (Å²) in [6.45, 7) is 11.5. The molecule has 0 fully saturated rings. The summed E-state index contributed by atoms with van der Waals surface area (Å²) in [6, 6.07) is 3.50. The number of hydrogen-bond acceptors (Lipinski definition) is 3. The van der Waals surface area contributed by atoms with E-state index in [2.05, 4.69) is 4.72 Å². The molecule has 0 atom stereocenters. The van der Waals surface area contributed by atoms with Gasteiger partial charge in [0.1, 0.15) is 10.6 Å². The van der Waals surface area contributed by atoms with Gasteiger partial charge in [-0.15, -0.1) is 0 Å². The summed E-state index contributed by atoms with van der Waals surface area (Å²) < 4.78 is 33.0. The molecule has 0 unspecified atom stereocenters. The minimum Gasteiger partial charge on any atom is -0.495 e. The first kappa shape index (κ1) is 17.0. The fourth-order valence-electron chi connectivity index (χ4n) is 2.13. The SMILES string of the molecule is COc1cc(C)c(C(C)C)cc1S(=O)(=O)NC(C)(C)C. The summed E-state index contributed by atoms with van der Waals surface area (Å²) in [6.07, 6.45) is 0. The highest BCUT2D eigenvalue weighted by Crippen LogP contribution is 2.31. The van der Waals surface area contributed by atoms with Crippen LogP contribution in [-0.4, -0.2) is 21.1 Å². The molecule has 0 aliphatic rings. The summed E-state index contributed by atoms with van der Waals surface area (Å²) in [5, 5.41) is 0. The van der Waals surface area contributed by atoms with E-state index in [0.717, 1.165) is 11.1 Å². The Morgan fingerprint density at radius 3 is 2.15 bits per heavy atom. The monoisotopic (exact) mass is 299 g/mol. The van der Waals surface area contributed by atoms with E-state index in [0.29, 0.717) is 5.75 Å². The van der Waals surface area contributed by atoms with Crippen molar-refractivity contribution in [2.45, 2.75) is 57.9 Å². The van der Waals surface area contributed by atoms with E-state index in [1.165, 1.54) is 7.11 Å². The topological polar surface area (TPSA) is 55.4 Å². The molecule has 0 saturated carbocycles. The summed E-state index contributed by atoms with van der Waals surface area (Å²) in [7, 11) is -2.12. The van der Waals surface area contributed by atoms with Gasteiger partial charge >= 0.3 is 0 Å². The second-order valence-corrected chi connectivity index (χ2v) is 8.02. The van der Waals surface area contributed by atoms with Crippen LogP contribution in [0.25, 0.3) is 0 Å². The first-order chi connectivity index (χ1) is 8.98. The minimum absolute atomic E-state index is 0.198. The van der Waals surface area contributed by atoms with Crippen LogP contribution in [0.5, 0.6) is 5.75 Å². The van der Waals surface area contributed by atoms with Gasteiger partial charge in [-0.25, -0.2) is 13.1 Å². The van der Waals surface area contributed by atoms with Gasteiger partial charge in [0.15, 0.2) is 0 Å². The molecule has 1 aromatic carbocycles. The van der Waals surface area contributed by atoms with E-state index in [9.17, 15) is 8.42 Å². The molecular formula is C15H25NO3S. The zero-order valence-electron chi connectivity index (χ0n) is 13.4. The van der Waals surface area contributed by atoms with Crippen LogP contribution >= 0.6 is 0 Å². The smallest absolute Gasteiger partial charge is 0.244 e. The summed E-state index contributed by atoms with van der Waals surface area (Å²) in [4.78, 5) is 0.198. The number of benzene rings is 1. The van der Waals surface area contributed by atoms with E-state index in [4.69, 9.17) is 4.74 Å². The van der Waals surface area contributed by atoms with Crippen molar-refractivity contribution < 1.29 is 13.2 Å². The van der Waals surface area contributed by atoms with E-state index in [1.807, 2.05) is 41.5 Å². The van der Waals surface area contributed by atoms with Crippen LogP contribution in [-0.2, 0) is 10.0 Å². The molecule has 0 aromatic heterocycles. The number of rotatable bonds is 4. The first-order valence-electron chi connectivity index (χ1n) is 6.70. The second-order valence-electron chi connectivity index (χ2n) is 6.37. The van der Waals surface area contributed by atoms with Crippen molar-refractivity contribution >= 4 is 10.0 Å². The fraction of sp³-hybridized carbons (Fsp3) is 0.600. The maximum atomic E-state index is 12.5. The molecule has 0 spiro atoms. The standard InChI is InChI=1S/C15H25NO3S/c1-10(2)12-9-14(13(19-7)8-11(12)3)20(17,18)16-15(4,5)6/h8-10,16H,1-7H3. The average Bonchev–Trinajstić information content (AvgIpc) is 2.24. The second kappa shape index (κ2) is 5.74. The first-order valence-corrected chi connectivity index (χ1v) is 8.19. The Hall–Kier alpha value is -1.07. The Morgan fingerprint density at radius 1 is 1.20 bits per heavy atom. The number of ether oxygens (including phenoxy) is 1. The van der Waals surface area contributed by atoms with Gasteiger partial charge in [-0.1, -0.05) is 13.8 Å². The van der Waals surface area contributed by atoms with Gasteiger partial charge < -0.3 is 4.74 Å². The van der Waals surface area contributed by atoms with Crippen LogP contribution in [0.15, 0.2) is 17.0 Å². The van der Waals surface area contributed by atoms with E-state index >= 15 is 0 Å². The van der Waals surface area contributed by atoms with Crippen LogP contribution in [0.2, 0.25) is 0 Å². The maximum absolute atomic E-state index is 12.5. The summed E-state index contributed by atoms with van der Waals surface area (Å²) in [5.41, 5.74) is 1.51. The van der Waals surface area contributed by atoms with Crippen molar-refractivity contribution in [2.75, 3.05) is 7.11 Å². The van der Waals surface area contributed by atoms with Crippen LogP contribution in [0.4, 0.5) is 0 Å². The predicted octanol–water partition coefficient (Wildman–Crippen LogP) is 3.20. The molecule has 0 heterocycles. The zero-order valence-corrected chi connectivity index (χ0v) is 14.2. The van der Waals surface area contributed by atoms with Crippen LogP contribution in [0, 0.1) is 6.92 Å².